The third-order valence-electron chi connectivity index (χ3n) is 1.92. The Morgan fingerprint density at radius 3 is 2.25 bits per heavy atom. The summed E-state index contributed by atoms with van der Waals surface area (Å²) >= 11 is 0. The summed E-state index contributed by atoms with van der Waals surface area (Å²) in [7, 11) is 0. The number of aliphatic hydroxyl groups is 1. The molecule has 1 N–H and O–H groups in total. The zero-order valence-corrected chi connectivity index (χ0v) is 8.06. The lowest BCUT2D eigenvalue weighted by molar-refractivity contribution is -0.153. The smallest absolute Gasteiger partial charge is 0.391 e. The first-order chi connectivity index (χ1) is 7.28. The van der Waals surface area contributed by atoms with Crippen molar-refractivity contribution in [2.24, 2.45) is 0 Å². The van der Waals surface area contributed by atoms with Gasteiger partial charge in [-0.1, -0.05) is 6.07 Å². The van der Waals surface area contributed by atoms with Gasteiger partial charge in [0.1, 0.15) is 0 Å². The number of alkyl halides is 3. The summed E-state index contributed by atoms with van der Waals surface area (Å²) < 4.78 is 60.8. The molecule has 0 aromatic heterocycles. The number of rotatable bonds is 3. The molecule has 0 aliphatic carbocycles. The second-order valence-electron chi connectivity index (χ2n) is 3.43. The van der Waals surface area contributed by atoms with Crippen LogP contribution in [0.5, 0.6) is 0 Å². The normalized spacial score (nSPS) is 13.9. The maximum atomic E-state index is 12.7. The topological polar surface area (TPSA) is 20.2 Å². The molecular weight excluding hydrogens is 231 g/mol. The Bertz CT molecular complexity index is 361. The van der Waals surface area contributed by atoms with Crippen molar-refractivity contribution < 1.29 is 27.1 Å². The van der Waals surface area contributed by atoms with Crippen molar-refractivity contribution in [3.05, 3.63) is 35.4 Å². The molecule has 90 valence electrons. The van der Waals surface area contributed by atoms with Gasteiger partial charge < -0.3 is 5.11 Å². The Labute approximate surface area is 88.5 Å². The van der Waals surface area contributed by atoms with E-state index < -0.39 is 30.3 Å². The van der Waals surface area contributed by atoms with Gasteiger partial charge in [0.25, 0.3) is 0 Å². The minimum Gasteiger partial charge on any atom is -0.392 e. The first-order valence-corrected chi connectivity index (χ1v) is 4.46. The lowest BCUT2D eigenvalue weighted by atomic mass is 10.1. The Kier molecular flexibility index (Phi) is 3.85. The van der Waals surface area contributed by atoms with E-state index in [1.54, 1.807) is 0 Å². The monoisotopic (exact) mass is 240 g/mol. The van der Waals surface area contributed by atoms with Crippen LogP contribution in [-0.2, 0) is 6.42 Å². The minimum atomic E-state index is -4.47. The fourth-order valence-electron chi connectivity index (χ4n) is 1.28. The van der Waals surface area contributed by atoms with Crippen molar-refractivity contribution in [1.29, 1.82) is 0 Å². The molecule has 1 aromatic carbocycles. The van der Waals surface area contributed by atoms with Crippen molar-refractivity contribution >= 4 is 0 Å². The Morgan fingerprint density at radius 2 is 1.75 bits per heavy atom. The van der Waals surface area contributed by atoms with Gasteiger partial charge in [-0.15, -0.1) is 0 Å². The van der Waals surface area contributed by atoms with Crippen LogP contribution in [0.2, 0.25) is 0 Å². The van der Waals surface area contributed by atoms with Gasteiger partial charge in [-0.05, 0) is 24.1 Å². The molecule has 1 unspecified atom stereocenters. The van der Waals surface area contributed by atoms with Gasteiger partial charge in [-0.3, -0.25) is 0 Å². The van der Waals surface area contributed by atoms with E-state index in [4.69, 9.17) is 5.11 Å². The van der Waals surface area contributed by atoms with Gasteiger partial charge in [0, 0.05) is 0 Å². The summed E-state index contributed by atoms with van der Waals surface area (Å²) in [6.07, 6.45) is -7.86. The van der Waals surface area contributed by atoms with Crippen LogP contribution in [0.15, 0.2) is 18.2 Å². The van der Waals surface area contributed by atoms with Crippen LogP contribution in [0.25, 0.3) is 0 Å². The molecule has 0 amide bonds. The highest BCUT2D eigenvalue weighted by Gasteiger charge is 2.31. The molecule has 16 heavy (non-hydrogen) atoms. The van der Waals surface area contributed by atoms with E-state index in [1.165, 1.54) is 0 Å². The second kappa shape index (κ2) is 4.78. The Balaban J connectivity index is 2.63. The summed E-state index contributed by atoms with van der Waals surface area (Å²) in [4.78, 5) is 0. The predicted octanol–water partition coefficient (Wildman–Crippen LogP) is 2.82. The van der Waals surface area contributed by atoms with E-state index in [0.717, 1.165) is 18.2 Å². The fourth-order valence-corrected chi connectivity index (χ4v) is 1.28. The lowest BCUT2D eigenvalue weighted by Gasteiger charge is -2.13. The number of hydrogen-bond donors (Lipinski definition) is 1. The minimum absolute atomic E-state index is 0.121. The molecular formula is C10H9F5O. The molecule has 0 aliphatic rings. The molecule has 0 bridgehead atoms. The summed E-state index contributed by atoms with van der Waals surface area (Å²) in [5, 5.41) is 9.06. The molecule has 1 aromatic rings. The summed E-state index contributed by atoms with van der Waals surface area (Å²) in [6.45, 7) is 0. The van der Waals surface area contributed by atoms with Crippen LogP contribution < -0.4 is 0 Å². The van der Waals surface area contributed by atoms with Crippen LogP contribution in [0, 0.1) is 11.6 Å². The Hall–Kier alpha value is -1.17. The maximum Gasteiger partial charge on any atom is 0.391 e. The molecule has 1 nitrogen and oxygen atoms in total. The molecule has 1 atom stereocenters. The fraction of sp³-hybridized carbons (Fsp3) is 0.400. The average Bonchev–Trinajstić information content (AvgIpc) is 2.08. The molecule has 6 heteroatoms. The molecule has 0 spiro atoms. The van der Waals surface area contributed by atoms with Gasteiger partial charge in [-0.2, -0.15) is 13.2 Å². The standard InChI is InChI=1S/C10H9F5O/c11-8-2-1-6(4-9(8)12)3-7(16)5-10(13,14)15/h1-2,4,7,16H,3,5H2. The quantitative estimate of drug-likeness (QED) is 0.805. The first kappa shape index (κ1) is 12.9. The third-order valence-corrected chi connectivity index (χ3v) is 1.92. The molecule has 0 saturated carbocycles. The SMILES string of the molecule is OC(Cc1ccc(F)c(F)c1)CC(F)(F)F. The van der Waals surface area contributed by atoms with E-state index >= 15 is 0 Å². The van der Waals surface area contributed by atoms with Crippen molar-refractivity contribution in [3.63, 3.8) is 0 Å². The van der Waals surface area contributed by atoms with E-state index in [2.05, 4.69) is 0 Å². The second-order valence-corrected chi connectivity index (χ2v) is 3.43. The van der Waals surface area contributed by atoms with Crippen molar-refractivity contribution in [3.8, 4) is 0 Å². The van der Waals surface area contributed by atoms with E-state index in [-0.39, 0.29) is 12.0 Å². The molecule has 0 heterocycles. The number of halogens is 5. The van der Waals surface area contributed by atoms with Gasteiger partial charge in [-0.25, -0.2) is 8.78 Å². The maximum absolute atomic E-state index is 12.7. The number of benzene rings is 1. The molecule has 0 saturated heterocycles. The predicted molar refractivity (Wildman–Crippen MR) is 46.7 cm³/mol. The molecule has 0 radical (unpaired) electrons. The molecule has 1 rings (SSSR count). The Morgan fingerprint density at radius 1 is 1.12 bits per heavy atom. The molecule has 0 fully saturated rings. The largest absolute Gasteiger partial charge is 0.392 e. The van der Waals surface area contributed by atoms with Crippen molar-refractivity contribution in [1.82, 2.24) is 0 Å². The van der Waals surface area contributed by atoms with Crippen LogP contribution >= 0.6 is 0 Å². The average molecular weight is 240 g/mol. The van der Waals surface area contributed by atoms with Gasteiger partial charge in [0.15, 0.2) is 11.6 Å². The summed E-state index contributed by atoms with van der Waals surface area (Å²) in [6, 6.07) is 2.72. The zero-order chi connectivity index (χ0) is 12.3. The highest BCUT2D eigenvalue weighted by Crippen LogP contribution is 2.23. The highest BCUT2D eigenvalue weighted by atomic mass is 19.4. The van der Waals surface area contributed by atoms with Crippen LogP contribution in [-0.4, -0.2) is 17.4 Å². The van der Waals surface area contributed by atoms with Crippen molar-refractivity contribution in [2.45, 2.75) is 25.1 Å². The zero-order valence-electron chi connectivity index (χ0n) is 8.06. The highest BCUT2D eigenvalue weighted by molar-refractivity contribution is 5.18. The summed E-state index contributed by atoms with van der Waals surface area (Å²) in [5.74, 6) is -2.22. The van der Waals surface area contributed by atoms with Crippen LogP contribution in [0.1, 0.15) is 12.0 Å². The summed E-state index contributed by atoms with van der Waals surface area (Å²) in [5.41, 5.74) is 0.121. The van der Waals surface area contributed by atoms with Crippen molar-refractivity contribution in [2.75, 3.05) is 0 Å². The van der Waals surface area contributed by atoms with Gasteiger partial charge in [0.05, 0.1) is 12.5 Å². The van der Waals surface area contributed by atoms with Crippen LogP contribution in [0.3, 0.4) is 0 Å². The van der Waals surface area contributed by atoms with Crippen LogP contribution in [0.4, 0.5) is 22.0 Å². The van der Waals surface area contributed by atoms with Gasteiger partial charge in [0.2, 0.25) is 0 Å². The third kappa shape index (κ3) is 4.14. The number of hydrogen-bond acceptors (Lipinski definition) is 1. The number of aliphatic hydroxyl groups excluding tert-OH is 1. The lowest BCUT2D eigenvalue weighted by Crippen LogP contribution is -2.21. The first-order valence-electron chi connectivity index (χ1n) is 4.46. The van der Waals surface area contributed by atoms with E-state index in [0.29, 0.717) is 0 Å². The van der Waals surface area contributed by atoms with Gasteiger partial charge >= 0.3 is 6.18 Å². The van der Waals surface area contributed by atoms with E-state index in [1.807, 2.05) is 0 Å². The van der Waals surface area contributed by atoms with E-state index in [9.17, 15) is 22.0 Å². The molecule has 0 aliphatic heterocycles.